The topological polar surface area (TPSA) is 66.5 Å². The van der Waals surface area contributed by atoms with Gasteiger partial charge in [0.2, 0.25) is 5.91 Å². The highest BCUT2D eigenvalue weighted by Crippen LogP contribution is 2.16. The first kappa shape index (κ1) is 16.7. The second kappa shape index (κ2) is 6.02. The van der Waals surface area contributed by atoms with Crippen LogP contribution in [0.3, 0.4) is 0 Å². The van der Waals surface area contributed by atoms with Gasteiger partial charge in [0.05, 0.1) is 4.75 Å². The molecule has 7 heteroatoms. The van der Waals surface area contributed by atoms with E-state index in [2.05, 4.69) is 5.32 Å². The second-order valence-electron chi connectivity index (χ2n) is 5.00. The minimum absolute atomic E-state index is 0. The van der Waals surface area contributed by atoms with Crippen LogP contribution in [0.15, 0.2) is 0 Å². The summed E-state index contributed by atoms with van der Waals surface area (Å²) in [6.07, 6.45) is 0. The van der Waals surface area contributed by atoms with Crippen LogP contribution in [-0.2, 0) is 14.6 Å². The molecule has 1 saturated heterocycles. The third kappa shape index (κ3) is 4.44. The summed E-state index contributed by atoms with van der Waals surface area (Å²) < 4.78 is 22.8. The van der Waals surface area contributed by atoms with Gasteiger partial charge in [0, 0.05) is 26.2 Å². The molecule has 0 aromatic rings. The summed E-state index contributed by atoms with van der Waals surface area (Å²) in [5.41, 5.74) is 0. The maximum absolute atomic E-state index is 11.8. The van der Waals surface area contributed by atoms with Gasteiger partial charge in [0.15, 0.2) is 9.84 Å². The number of nitrogens with one attached hydrogen (secondary N) is 1. The van der Waals surface area contributed by atoms with Crippen LogP contribution in [0.5, 0.6) is 0 Å². The number of hydrogen-bond donors (Lipinski definition) is 1. The molecule has 0 unspecified atom stereocenters. The quantitative estimate of drug-likeness (QED) is 0.778. The molecule has 0 aromatic heterocycles. The Morgan fingerprint density at radius 1 is 1.24 bits per heavy atom. The van der Waals surface area contributed by atoms with Crippen LogP contribution >= 0.6 is 12.4 Å². The van der Waals surface area contributed by atoms with E-state index >= 15 is 0 Å². The first-order valence-electron chi connectivity index (χ1n) is 5.45. The van der Waals surface area contributed by atoms with Crippen molar-refractivity contribution in [3.05, 3.63) is 0 Å². The van der Waals surface area contributed by atoms with Crippen molar-refractivity contribution in [1.29, 1.82) is 0 Å². The third-order valence-electron chi connectivity index (χ3n) is 2.72. The maximum Gasteiger partial charge on any atom is 0.237 e. The molecule has 1 rings (SSSR count). The fourth-order valence-corrected chi connectivity index (χ4v) is 2.33. The number of carbonyl (C=O) groups is 1. The van der Waals surface area contributed by atoms with Gasteiger partial charge in [-0.05, 0) is 20.8 Å². The number of hydrogen-bond acceptors (Lipinski definition) is 4. The fraction of sp³-hybridized carbons (Fsp3) is 0.900. The Bertz CT molecular complexity index is 356. The van der Waals surface area contributed by atoms with Gasteiger partial charge in [-0.25, -0.2) is 8.42 Å². The highest BCUT2D eigenvalue weighted by Gasteiger charge is 2.33. The molecule has 102 valence electrons. The summed E-state index contributed by atoms with van der Waals surface area (Å²) in [6.45, 7) is 7.52. The number of halogens is 1. The van der Waals surface area contributed by atoms with E-state index in [1.165, 1.54) is 0 Å². The fourth-order valence-electron chi connectivity index (χ4n) is 1.38. The van der Waals surface area contributed by atoms with Crippen LogP contribution in [0, 0.1) is 0 Å². The van der Waals surface area contributed by atoms with Crippen LogP contribution in [0.25, 0.3) is 0 Å². The molecule has 1 aliphatic rings. The molecule has 0 spiro atoms. The van der Waals surface area contributed by atoms with Crippen LogP contribution in [-0.4, -0.2) is 55.9 Å². The molecule has 1 amide bonds. The highest BCUT2D eigenvalue weighted by molar-refractivity contribution is 7.93. The summed E-state index contributed by atoms with van der Waals surface area (Å²) in [4.78, 5) is 13.4. The van der Waals surface area contributed by atoms with E-state index in [9.17, 15) is 13.2 Å². The van der Waals surface area contributed by atoms with Gasteiger partial charge in [-0.2, -0.15) is 0 Å². The van der Waals surface area contributed by atoms with Crippen LogP contribution in [0.2, 0.25) is 0 Å². The maximum atomic E-state index is 11.8. The Morgan fingerprint density at radius 3 is 2.12 bits per heavy atom. The molecule has 0 aliphatic carbocycles. The van der Waals surface area contributed by atoms with E-state index in [0.29, 0.717) is 13.1 Å². The van der Waals surface area contributed by atoms with Crippen molar-refractivity contribution in [2.45, 2.75) is 25.5 Å². The number of nitrogens with zero attached hydrogens (tertiary/aromatic N) is 1. The Kier molecular flexibility index (Phi) is 5.90. The van der Waals surface area contributed by atoms with E-state index in [1.54, 1.807) is 25.7 Å². The van der Waals surface area contributed by atoms with Crippen LogP contribution in [0.1, 0.15) is 20.8 Å². The van der Waals surface area contributed by atoms with Crippen molar-refractivity contribution in [3.8, 4) is 0 Å². The Balaban J connectivity index is 0.00000256. The second-order valence-corrected chi connectivity index (χ2v) is 7.75. The van der Waals surface area contributed by atoms with Crippen molar-refractivity contribution in [3.63, 3.8) is 0 Å². The van der Waals surface area contributed by atoms with Crippen molar-refractivity contribution in [1.82, 2.24) is 10.2 Å². The van der Waals surface area contributed by atoms with Crippen LogP contribution in [0.4, 0.5) is 0 Å². The number of amides is 1. The van der Waals surface area contributed by atoms with Crippen molar-refractivity contribution < 1.29 is 13.2 Å². The van der Waals surface area contributed by atoms with Gasteiger partial charge in [0.1, 0.15) is 5.75 Å². The van der Waals surface area contributed by atoms with Gasteiger partial charge < -0.3 is 10.2 Å². The molecule has 1 heterocycles. The zero-order valence-corrected chi connectivity index (χ0v) is 12.2. The number of piperazine rings is 1. The molecule has 0 radical (unpaired) electrons. The Morgan fingerprint density at radius 2 is 1.71 bits per heavy atom. The minimum atomic E-state index is -3.36. The zero-order valence-electron chi connectivity index (χ0n) is 10.5. The molecule has 0 saturated carbocycles. The predicted molar refractivity (Wildman–Crippen MR) is 70.2 cm³/mol. The molecule has 17 heavy (non-hydrogen) atoms. The molecule has 0 aromatic carbocycles. The molecular formula is C10H21ClN2O3S. The zero-order chi connectivity index (χ0) is 12.4. The largest absolute Gasteiger partial charge is 0.339 e. The molecule has 1 N–H and O–H groups in total. The number of rotatable bonds is 2. The molecule has 5 nitrogen and oxygen atoms in total. The van der Waals surface area contributed by atoms with Gasteiger partial charge in [-0.3, -0.25) is 4.79 Å². The van der Waals surface area contributed by atoms with Gasteiger partial charge in [0.25, 0.3) is 0 Å². The van der Waals surface area contributed by atoms with E-state index in [0.717, 1.165) is 13.1 Å². The number of carbonyl (C=O) groups excluding carboxylic acids is 1. The van der Waals surface area contributed by atoms with E-state index in [-0.39, 0.29) is 24.1 Å². The molecule has 1 aliphatic heterocycles. The summed E-state index contributed by atoms with van der Waals surface area (Å²) in [6, 6.07) is 0. The summed E-state index contributed by atoms with van der Waals surface area (Å²) >= 11 is 0. The first-order chi connectivity index (χ1) is 7.24. The highest BCUT2D eigenvalue weighted by atomic mass is 35.5. The minimum Gasteiger partial charge on any atom is -0.339 e. The van der Waals surface area contributed by atoms with E-state index in [4.69, 9.17) is 0 Å². The predicted octanol–water partition coefficient (Wildman–Crippen LogP) is 0.0533. The average Bonchev–Trinajstić information content (AvgIpc) is 2.16. The lowest BCUT2D eigenvalue weighted by Crippen LogP contribution is -2.49. The standard InChI is InChI=1S/C10H20N2O3S.ClH/c1-10(2,3)16(14,15)8-9(13)12-6-4-11-5-7-12;/h11H,4-8H2,1-3H3;1H. The Labute approximate surface area is 109 Å². The summed E-state index contributed by atoms with van der Waals surface area (Å²) in [5, 5.41) is 3.12. The smallest absolute Gasteiger partial charge is 0.237 e. The third-order valence-corrected chi connectivity index (χ3v) is 5.21. The molecule has 1 fully saturated rings. The van der Waals surface area contributed by atoms with Crippen LogP contribution < -0.4 is 5.32 Å². The number of sulfone groups is 1. The van der Waals surface area contributed by atoms with Gasteiger partial charge in [-0.15, -0.1) is 12.4 Å². The molecule has 0 atom stereocenters. The normalized spacial score (nSPS) is 17.5. The lowest BCUT2D eigenvalue weighted by Gasteiger charge is -2.28. The van der Waals surface area contributed by atoms with Crippen molar-refractivity contribution in [2.24, 2.45) is 0 Å². The first-order valence-corrected chi connectivity index (χ1v) is 7.10. The van der Waals surface area contributed by atoms with E-state index < -0.39 is 14.6 Å². The summed E-state index contributed by atoms with van der Waals surface area (Å²) in [5.74, 6) is -0.660. The monoisotopic (exact) mass is 284 g/mol. The Hall–Kier alpha value is -0.330. The lowest BCUT2D eigenvalue weighted by atomic mass is 10.3. The van der Waals surface area contributed by atoms with Gasteiger partial charge >= 0.3 is 0 Å². The summed E-state index contributed by atoms with van der Waals surface area (Å²) in [7, 11) is -3.36. The van der Waals surface area contributed by atoms with Gasteiger partial charge in [-0.1, -0.05) is 0 Å². The average molecular weight is 285 g/mol. The van der Waals surface area contributed by atoms with Crippen molar-refractivity contribution >= 4 is 28.2 Å². The molecular weight excluding hydrogens is 264 g/mol. The molecule has 0 bridgehead atoms. The lowest BCUT2D eigenvalue weighted by molar-refractivity contribution is -0.129. The SMILES string of the molecule is CC(C)(C)S(=O)(=O)CC(=O)N1CCNCC1.Cl. The van der Waals surface area contributed by atoms with E-state index in [1.807, 2.05) is 0 Å². The van der Waals surface area contributed by atoms with Crippen molar-refractivity contribution in [2.75, 3.05) is 31.9 Å².